The van der Waals surface area contributed by atoms with Crippen molar-refractivity contribution in [1.82, 2.24) is 0 Å². The Balaban J connectivity index is 0. The van der Waals surface area contributed by atoms with Crippen molar-refractivity contribution < 1.29 is 5.11 Å². The summed E-state index contributed by atoms with van der Waals surface area (Å²) in [5, 5.41) is 7.57. The molecule has 0 radical (unpaired) electrons. The fourth-order valence-corrected chi connectivity index (χ4v) is 0. The molecule has 1 nitrogen and oxygen atoms in total. The van der Waals surface area contributed by atoms with Crippen molar-refractivity contribution in [2.24, 2.45) is 5.92 Å². The van der Waals surface area contributed by atoms with Gasteiger partial charge < -0.3 is 5.11 Å². The summed E-state index contributed by atoms with van der Waals surface area (Å²) in [6.07, 6.45) is 0. The highest BCUT2D eigenvalue weighted by molar-refractivity contribution is 4.20. The quantitative estimate of drug-likeness (QED) is 0.495. The molecule has 0 aliphatic rings. The number of hydrogen-bond acceptors (Lipinski definition) is 1. The van der Waals surface area contributed by atoms with Crippen molar-refractivity contribution in [3.63, 3.8) is 0 Å². The highest BCUT2D eigenvalue weighted by Crippen LogP contribution is 1.81. The van der Waals surface area contributed by atoms with Crippen LogP contribution in [0.15, 0.2) is 0 Å². The third-order valence-electron chi connectivity index (χ3n) is 0. The van der Waals surface area contributed by atoms with E-state index >= 15 is 0 Å². The van der Waals surface area contributed by atoms with Gasteiger partial charge in [0.25, 0.3) is 0 Å². The Kier molecular flexibility index (Phi) is 13.4. The van der Waals surface area contributed by atoms with Crippen LogP contribution in [0.5, 0.6) is 0 Å². The summed E-state index contributed by atoms with van der Waals surface area (Å²) >= 11 is 0. The smallest absolute Gasteiger partial charge is 0.0402 e. The van der Waals surface area contributed by atoms with Crippen LogP contribution in [0.4, 0.5) is 0 Å². The SMILES string of the molecule is CC(C)C.CCO. The number of rotatable bonds is 0. The minimum absolute atomic E-state index is 0.250. The van der Waals surface area contributed by atoms with Gasteiger partial charge in [-0.15, -0.1) is 0 Å². The maximum absolute atomic E-state index is 7.57. The van der Waals surface area contributed by atoms with Crippen molar-refractivity contribution >= 4 is 0 Å². The third-order valence-corrected chi connectivity index (χ3v) is 0. The first-order valence-electron chi connectivity index (χ1n) is 2.76. The van der Waals surface area contributed by atoms with E-state index in [1.54, 1.807) is 6.92 Å². The van der Waals surface area contributed by atoms with Gasteiger partial charge in [0, 0.05) is 6.61 Å². The van der Waals surface area contributed by atoms with Gasteiger partial charge in [0.1, 0.15) is 0 Å². The van der Waals surface area contributed by atoms with Crippen molar-refractivity contribution in [2.45, 2.75) is 27.7 Å². The van der Waals surface area contributed by atoms with Gasteiger partial charge >= 0.3 is 0 Å². The van der Waals surface area contributed by atoms with Crippen LogP contribution in [-0.4, -0.2) is 11.7 Å². The molecule has 0 saturated carbocycles. The van der Waals surface area contributed by atoms with Gasteiger partial charge in [0.05, 0.1) is 0 Å². The Bertz CT molecular complexity index is 15.4. The van der Waals surface area contributed by atoms with E-state index in [4.69, 9.17) is 5.11 Å². The highest BCUT2D eigenvalue weighted by atomic mass is 16.2. The first-order chi connectivity index (χ1) is 3.15. The van der Waals surface area contributed by atoms with Crippen LogP contribution in [0.3, 0.4) is 0 Å². The predicted molar refractivity (Wildman–Crippen MR) is 33.3 cm³/mol. The van der Waals surface area contributed by atoms with Gasteiger partial charge in [0.15, 0.2) is 0 Å². The Labute approximate surface area is 46.4 Å². The largest absolute Gasteiger partial charge is 0.397 e. The zero-order valence-electron chi connectivity index (χ0n) is 5.73. The van der Waals surface area contributed by atoms with Crippen LogP contribution in [-0.2, 0) is 0 Å². The molecular weight excluding hydrogens is 88.1 g/mol. The standard InChI is InChI=1S/C4H10.C2H6O/c1-4(2)3;1-2-3/h4H,1-3H3;3H,2H2,1H3. The molecule has 0 aliphatic heterocycles. The topological polar surface area (TPSA) is 20.2 Å². The number of aliphatic hydroxyl groups is 1. The molecule has 0 aromatic heterocycles. The lowest BCUT2D eigenvalue weighted by Crippen LogP contribution is -1.66. The number of aliphatic hydroxyl groups excluding tert-OH is 1. The first-order valence-corrected chi connectivity index (χ1v) is 2.76. The zero-order chi connectivity index (χ0) is 6.28. The van der Waals surface area contributed by atoms with E-state index in [1.807, 2.05) is 0 Å². The van der Waals surface area contributed by atoms with Crippen molar-refractivity contribution in [2.75, 3.05) is 6.61 Å². The van der Waals surface area contributed by atoms with E-state index in [1.165, 1.54) is 0 Å². The maximum Gasteiger partial charge on any atom is 0.0402 e. The van der Waals surface area contributed by atoms with E-state index in [0.29, 0.717) is 0 Å². The molecule has 0 spiro atoms. The van der Waals surface area contributed by atoms with Gasteiger partial charge in [-0.2, -0.15) is 0 Å². The molecule has 0 fully saturated rings. The molecule has 0 saturated heterocycles. The van der Waals surface area contributed by atoms with Gasteiger partial charge in [-0.3, -0.25) is 0 Å². The second-order valence-electron chi connectivity index (χ2n) is 2.05. The minimum Gasteiger partial charge on any atom is -0.397 e. The molecule has 46 valence electrons. The third kappa shape index (κ3) is 58400. The average molecular weight is 104 g/mol. The van der Waals surface area contributed by atoms with Crippen LogP contribution in [0.25, 0.3) is 0 Å². The fraction of sp³-hybridized carbons (Fsp3) is 1.00. The molecule has 0 unspecified atom stereocenters. The molecule has 0 bridgehead atoms. The van der Waals surface area contributed by atoms with E-state index < -0.39 is 0 Å². The summed E-state index contributed by atoms with van der Waals surface area (Å²) in [6, 6.07) is 0. The summed E-state index contributed by atoms with van der Waals surface area (Å²) < 4.78 is 0. The molecular formula is C6H16O. The molecule has 0 aromatic carbocycles. The van der Waals surface area contributed by atoms with Crippen LogP contribution in [0, 0.1) is 5.92 Å². The minimum atomic E-state index is 0.250. The van der Waals surface area contributed by atoms with Crippen molar-refractivity contribution in [1.29, 1.82) is 0 Å². The monoisotopic (exact) mass is 104 g/mol. The van der Waals surface area contributed by atoms with Crippen LogP contribution in [0.1, 0.15) is 27.7 Å². The molecule has 0 aromatic rings. The summed E-state index contributed by atoms with van der Waals surface area (Å²) in [7, 11) is 0. The average Bonchev–Trinajstić information content (AvgIpc) is 1.33. The fourth-order valence-electron chi connectivity index (χ4n) is 0. The maximum atomic E-state index is 7.57. The molecule has 0 rings (SSSR count). The highest BCUT2D eigenvalue weighted by Gasteiger charge is 1.68. The van der Waals surface area contributed by atoms with Gasteiger partial charge in [0.2, 0.25) is 0 Å². The molecule has 1 heteroatoms. The van der Waals surface area contributed by atoms with Gasteiger partial charge in [-0.25, -0.2) is 0 Å². The van der Waals surface area contributed by atoms with Crippen molar-refractivity contribution in [3.8, 4) is 0 Å². The first kappa shape index (κ1) is 10.0. The number of hydrogen-bond donors (Lipinski definition) is 1. The summed E-state index contributed by atoms with van der Waals surface area (Å²) in [6.45, 7) is 8.43. The van der Waals surface area contributed by atoms with E-state index in [9.17, 15) is 0 Å². The van der Waals surface area contributed by atoms with Crippen molar-refractivity contribution in [3.05, 3.63) is 0 Å². The second kappa shape index (κ2) is 9.35. The van der Waals surface area contributed by atoms with Gasteiger partial charge in [-0.05, 0) is 12.8 Å². The van der Waals surface area contributed by atoms with Crippen LogP contribution < -0.4 is 0 Å². The molecule has 0 heterocycles. The zero-order valence-corrected chi connectivity index (χ0v) is 5.73. The lowest BCUT2D eigenvalue weighted by Gasteiger charge is -1.79. The van der Waals surface area contributed by atoms with E-state index in [-0.39, 0.29) is 6.61 Å². The Morgan fingerprint density at radius 3 is 1.29 bits per heavy atom. The summed E-state index contributed by atoms with van der Waals surface area (Å²) in [5.74, 6) is 0.833. The summed E-state index contributed by atoms with van der Waals surface area (Å²) in [4.78, 5) is 0. The summed E-state index contributed by atoms with van der Waals surface area (Å²) in [5.41, 5.74) is 0. The Morgan fingerprint density at radius 1 is 1.29 bits per heavy atom. The van der Waals surface area contributed by atoms with E-state index in [0.717, 1.165) is 5.92 Å². The molecule has 0 amide bonds. The Hall–Kier alpha value is -0.0400. The normalized spacial score (nSPS) is 7.71. The van der Waals surface area contributed by atoms with E-state index in [2.05, 4.69) is 20.8 Å². The molecule has 7 heavy (non-hydrogen) atoms. The molecule has 0 aliphatic carbocycles. The lowest BCUT2D eigenvalue weighted by molar-refractivity contribution is 0.318. The van der Waals surface area contributed by atoms with Crippen LogP contribution >= 0.6 is 0 Å². The predicted octanol–water partition coefficient (Wildman–Crippen LogP) is 1.66. The second-order valence-corrected chi connectivity index (χ2v) is 2.05. The lowest BCUT2D eigenvalue weighted by atomic mass is 10.3. The van der Waals surface area contributed by atoms with Gasteiger partial charge in [-0.1, -0.05) is 20.8 Å². The van der Waals surface area contributed by atoms with Crippen LogP contribution in [0.2, 0.25) is 0 Å². The molecule has 1 N–H and O–H groups in total. The molecule has 0 atom stereocenters. The Morgan fingerprint density at radius 2 is 1.29 bits per heavy atom.